The third-order valence-electron chi connectivity index (χ3n) is 5.85. The Morgan fingerprint density at radius 1 is 0.553 bits per heavy atom. The largest absolute Gasteiger partial charge is 0.478 e. The minimum atomic E-state index is -1.52. The van der Waals surface area contributed by atoms with Crippen LogP contribution in [0.4, 0.5) is 0 Å². The third-order valence-corrected chi connectivity index (χ3v) is 5.85. The first-order chi connectivity index (χ1) is 18.3. The Kier molecular flexibility index (Phi) is 6.20. The summed E-state index contributed by atoms with van der Waals surface area (Å²) >= 11 is 0. The maximum atomic E-state index is 13.4. The molecule has 38 heavy (non-hydrogen) atoms. The van der Waals surface area contributed by atoms with Crippen LogP contribution in [0.2, 0.25) is 0 Å². The van der Waals surface area contributed by atoms with Crippen molar-refractivity contribution in [2.24, 2.45) is 0 Å². The standard InChI is InChI=1S/C28H18N4O6/c33-25(31-13-23(29-15-31)17-7-3-1-4-8-17)19-11-20(22(28(37)38)12-21(19)27(35)36)26(34)32-14-24(30-16-32)18-9-5-2-6-10-18/h1-16H,(H,35,36)(H,37,38). The number of nitrogens with zero attached hydrogens (tertiary/aromatic N) is 4. The van der Waals surface area contributed by atoms with E-state index in [2.05, 4.69) is 9.97 Å². The molecule has 186 valence electrons. The van der Waals surface area contributed by atoms with Crippen LogP contribution in [0.1, 0.15) is 41.4 Å². The average molecular weight is 506 g/mol. The predicted octanol–water partition coefficient (Wildman–Crippen LogP) is 4.19. The van der Waals surface area contributed by atoms with Crippen molar-refractivity contribution in [3.8, 4) is 22.5 Å². The summed E-state index contributed by atoms with van der Waals surface area (Å²) in [5.74, 6) is -4.63. The highest BCUT2D eigenvalue weighted by atomic mass is 16.4. The molecule has 10 nitrogen and oxygen atoms in total. The molecule has 5 rings (SSSR count). The van der Waals surface area contributed by atoms with Crippen LogP contribution in [0.25, 0.3) is 22.5 Å². The lowest BCUT2D eigenvalue weighted by atomic mass is 9.96. The van der Waals surface area contributed by atoms with Crippen LogP contribution < -0.4 is 0 Å². The Balaban J connectivity index is 1.58. The van der Waals surface area contributed by atoms with Gasteiger partial charge in [0.1, 0.15) is 12.7 Å². The van der Waals surface area contributed by atoms with Gasteiger partial charge in [0, 0.05) is 23.5 Å². The van der Waals surface area contributed by atoms with Crippen LogP contribution in [-0.4, -0.2) is 53.1 Å². The molecule has 2 aromatic heterocycles. The number of rotatable bonds is 6. The van der Waals surface area contributed by atoms with Gasteiger partial charge in [-0.25, -0.2) is 19.6 Å². The summed E-state index contributed by atoms with van der Waals surface area (Å²) in [5, 5.41) is 19.5. The van der Waals surface area contributed by atoms with E-state index in [-0.39, 0.29) is 11.1 Å². The van der Waals surface area contributed by atoms with Crippen molar-refractivity contribution in [1.82, 2.24) is 19.1 Å². The van der Waals surface area contributed by atoms with E-state index in [1.165, 1.54) is 25.0 Å². The summed E-state index contributed by atoms with van der Waals surface area (Å²) in [6.07, 6.45) is 5.31. The molecule has 0 aliphatic rings. The molecule has 2 heterocycles. The monoisotopic (exact) mass is 506 g/mol. The van der Waals surface area contributed by atoms with Crippen molar-refractivity contribution in [2.75, 3.05) is 0 Å². The molecular weight excluding hydrogens is 488 g/mol. The van der Waals surface area contributed by atoms with Crippen LogP contribution >= 0.6 is 0 Å². The van der Waals surface area contributed by atoms with E-state index in [9.17, 15) is 29.4 Å². The van der Waals surface area contributed by atoms with E-state index in [0.717, 1.165) is 32.4 Å². The van der Waals surface area contributed by atoms with Crippen molar-refractivity contribution in [2.45, 2.75) is 0 Å². The van der Waals surface area contributed by atoms with E-state index in [1.807, 2.05) is 12.1 Å². The zero-order chi connectivity index (χ0) is 26.8. The highest BCUT2D eigenvalue weighted by Crippen LogP contribution is 2.23. The fraction of sp³-hybridized carbons (Fsp3) is 0. The van der Waals surface area contributed by atoms with Gasteiger partial charge in [0.2, 0.25) is 0 Å². The van der Waals surface area contributed by atoms with Crippen molar-refractivity contribution >= 4 is 23.8 Å². The summed E-state index contributed by atoms with van der Waals surface area (Å²) in [6, 6.07) is 19.9. The SMILES string of the molecule is O=C(O)c1cc(C(=O)O)c(C(=O)n2cnc(-c3ccccc3)c2)cc1C(=O)n1cnc(-c2ccccc2)c1. The van der Waals surface area contributed by atoms with Crippen LogP contribution in [0.15, 0.2) is 97.8 Å². The van der Waals surface area contributed by atoms with Crippen LogP contribution in [0.3, 0.4) is 0 Å². The molecule has 0 spiro atoms. The lowest BCUT2D eigenvalue weighted by molar-refractivity contribution is 0.0687. The molecule has 0 atom stereocenters. The molecule has 3 aromatic carbocycles. The van der Waals surface area contributed by atoms with Crippen LogP contribution in [-0.2, 0) is 0 Å². The van der Waals surface area contributed by atoms with E-state index >= 15 is 0 Å². The van der Waals surface area contributed by atoms with Gasteiger partial charge in [-0.3, -0.25) is 18.7 Å². The van der Waals surface area contributed by atoms with Crippen molar-refractivity contribution in [3.63, 3.8) is 0 Å². The molecule has 0 saturated carbocycles. The second-order valence-corrected chi connectivity index (χ2v) is 8.23. The van der Waals surface area contributed by atoms with Gasteiger partial charge in [0.25, 0.3) is 11.8 Å². The second-order valence-electron chi connectivity index (χ2n) is 8.23. The molecule has 0 unspecified atom stereocenters. The first kappa shape index (κ1) is 24.1. The molecule has 5 aromatic rings. The average Bonchev–Trinajstić information content (AvgIpc) is 3.63. The molecule has 0 saturated heterocycles. The van der Waals surface area contributed by atoms with Gasteiger partial charge >= 0.3 is 11.9 Å². The van der Waals surface area contributed by atoms with Crippen molar-refractivity contribution in [1.29, 1.82) is 0 Å². The van der Waals surface area contributed by atoms with Gasteiger partial charge in [-0.15, -0.1) is 0 Å². The summed E-state index contributed by atoms with van der Waals surface area (Å²) in [6.45, 7) is 0. The maximum Gasteiger partial charge on any atom is 0.336 e. The van der Waals surface area contributed by atoms with Crippen LogP contribution in [0.5, 0.6) is 0 Å². The van der Waals surface area contributed by atoms with E-state index < -0.39 is 34.9 Å². The fourth-order valence-electron chi connectivity index (χ4n) is 3.97. The number of carboxylic acid groups (broad SMARTS) is 2. The van der Waals surface area contributed by atoms with Crippen molar-refractivity contribution < 1.29 is 29.4 Å². The third kappa shape index (κ3) is 4.49. The number of aromatic nitrogens is 4. The zero-order valence-corrected chi connectivity index (χ0v) is 19.6. The maximum absolute atomic E-state index is 13.4. The smallest absolute Gasteiger partial charge is 0.336 e. The summed E-state index contributed by atoms with van der Waals surface area (Å²) < 4.78 is 2.17. The van der Waals surface area contributed by atoms with E-state index in [4.69, 9.17) is 0 Å². The molecule has 0 aliphatic carbocycles. The number of imidazole rings is 2. The molecule has 0 bridgehead atoms. The lowest BCUT2D eigenvalue weighted by Crippen LogP contribution is -2.21. The zero-order valence-electron chi connectivity index (χ0n) is 19.6. The Hall–Kier alpha value is -5.64. The number of carbonyl (C=O) groups excluding carboxylic acids is 2. The first-order valence-corrected chi connectivity index (χ1v) is 11.3. The van der Waals surface area contributed by atoms with Gasteiger partial charge in [-0.2, -0.15) is 0 Å². The molecule has 0 amide bonds. The lowest BCUT2D eigenvalue weighted by Gasteiger charge is -2.12. The van der Waals surface area contributed by atoms with Gasteiger partial charge in [-0.1, -0.05) is 60.7 Å². The Morgan fingerprint density at radius 3 is 1.29 bits per heavy atom. The fourth-order valence-corrected chi connectivity index (χ4v) is 3.97. The van der Waals surface area contributed by atoms with Gasteiger partial charge < -0.3 is 10.2 Å². The molecular formula is C28H18N4O6. The number of carboxylic acids is 2. The Bertz CT molecular complexity index is 1580. The molecule has 0 aliphatic heterocycles. The van der Waals surface area contributed by atoms with Gasteiger partial charge in [0.15, 0.2) is 0 Å². The van der Waals surface area contributed by atoms with Crippen molar-refractivity contribution in [3.05, 3.63) is 120 Å². The number of carbonyl (C=O) groups is 4. The molecule has 0 fully saturated rings. The van der Waals surface area contributed by atoms with Crippen LogP contribution in [0, 0.1) is 0 Å². The Labute approximate surface area is 215 Å². The Morgan fingerprint density at radius 2 is 0.921 bits per heavy atom. The minimum absolute atomic E-state index is 0.369. The normalized spacial score (nSPS) is 10.7. The van der Waals surface area contributed by atoms with Gasteiger partial charge in [-0.05, 0) is 12.1 Å². The van der Waals surface area contributed by atoms with E-state index in [0.29, 0.717) is 11.4 Å². The predicted molar refractivity (Wildman–Crippen MR) is 135 cm³/mol. The number of hydrogen-bond acceptors (Lipinski definition) is 6. The van der Waals surface area contributed by atoms with Gasteiger partial charge in [0.05, 0.1) is 33.6 Å². The highest BCUT2D eigenvalue weighted by molar-refractivity contribution is 6.12. The quantitative estimate of drug-likeness (QED) is 0.349. The first-order valence-electron chi connectivity index (χ1n) is 11.3. The summed E-state index contributed by atoms with van der Waals surface area (Å²) in [5.41, 5.74) is 0.566. The topological polar surface area (TPSA) is 144 Å². The number of aromatic carboxylic acids is 2. The molecule has 10 heteroatoms. The van der Waals surface area contributed by atoms with E-state index in [1.54, 1.807) is 48.5 Å². The number of benzene rings is 3. The second kappa shape index (κ2) is 9.78. The summed E-state index contributed by atoms with van der Waals surface area (Å²) in [4.78, 5) is 59.2. The number of hydrogen-bond donors (Lipinski definition) is 2. The molecule has 2 N–H and O–H groups in total. The minimum Gasteiger partial charge on any atom is -0.478 e. The summed E-state index contributed by atoms with van der Waals surface area (Å²) in [7, 11) is 0. The molecule has 0 radical (unpaired) electrons. The highest BCUT2D eigenvalue weighted by Gasteiger charge is 2.27.